The second-order valence-electron chi connectivity index (χ2n) is 3.62. The first-order valence-corrected chi connectivity index (χ1v) is 5.34. The van der Waals surface area contributed by atoms with Crippen LogP contribution in [-0.2, 0) is 6.54 Å². The third-order valence-corrected chi connectivity index (χ3v) is 2.21. The van der Waals surface area contributed by atoms with Gasteiger partial charge in [0.25, 0.3) is 5.91 Å². The van der Waals surface area contributed by atoms with Crippen LogP contribution in [0.25, 0.3) is 0 Å². The molecule has 0 radical (unpaired) electrons. The van der Waals surface area contributed by atoms with Crippen LogP contribution in [0.3, 0.4) is 0 Å². The van der Waals surface area contributed by atoms with Crippen LogP contribution in [0.15, 0.2) is 30.5 Å². The van der Waals surface area contributed by atoms with Crippen molar-refractivity contribution < 1.29 is 9.18 Å². The molecule has 6 heteroatoms. The lowest BCUT2D eigenvalue weighted by Crippen LogP contribution is -2.24. The van der Waals surface area contributed by atoms with Crippen molar-refractivity contribution >= 4 is 5.91 Å². The molecule has 0 bridgehead atoms. The minimum absolute atomic E-state index is 0.0424. The van der Waals surface area contributed by atoms with Gasteiger partial charge in [-0.3, -0.25) is 4.79 Å². The van der Waals surface area contributed by atoms with E-state index in [1.54, 1.807) is 19.2 Å². The van der Waals surface area contributed by atoms with Crippen LogP contribution in [-0.4, -0.2) is 20.9 Å². The number of carbonyl (C=O) groups is 1. The molecule has 2 rings (SSSR count). The fraction of sp³-hybridized carbons (Fsp3) is 0.167. The van der Waals surface area contributed by atoms with E-state index in [1.165, 1.54) is 18.2 Å². The van der Waals surface area contributed by atoms with Crippen molar-refractivity contribution in [3.63, 3.8) is 0 Å². The fourth-order valence-electron chi connectivity index (χ4n) is 1.40. The average Bonchev–Trinajstić information content (AvgIpc) is 2.36. The fourth-order valence-corrected chi connectivity index (χ4v) is 1.40. The van der Waals surface area contributed by atoms with Gasteiger partial charge < -0.3 is 5.32 Å². The van der Waals surface area contributed by atoms with E-state index in [0.29, 0.717) is 11.5 Å². The smallest absolute Gasteiger partial charge is 0.270 e. The van der Waals surface area contributed by atoms with Crippen LogP contribution in [0.5, 0.6) is 0 Å². The van der Waals surface area contributed by atoms with Gasteiger partial charge in [0.1, 0.15) is 11.5 Å². The molecule has 1 N–H and O–H groups in total. The van der Waals surface area contributed by atoms with E-state index in [2.05, 4.69) is 20.3 Å². The third kappa shape index (κ3) is 3.07. The summed E-state index contributed by atoms with van der Waals surface area (Å²) in [6.07, 6.45) is 1.62. The minimum atomic E-state index is -0.680. The standard InChI is InChI=1S/C12H11FN4O/c1-8-14-6-5-9(16-8)7-15-12(18)10-3-2-4-11(13)17-10/h2-6H,7H2,1H3,(H,15,18). The van der Waals surface area contributed by atoms with Gasteiger partial charge in [-0.05, 0) is 25.1 Å². The minimum Gasteiger partial charge on any atom is -0.345 e. The molecule has 0 aromatic carbocycles. The van der Waals surface area contributed by atoms with Crippen molar-refractivity contribution in [3.05, 3.63) is 53.6 Å². The van der Waals surface area contributed by atoms with E-state index in [4.69, 9.17) is 0 Å². The first kappa shape index (κ1) is 12.1. The van der Waals surface area contributed by atoms with Gasteiger partial charge in [0, 0.05) is 6.20 Å². The number of aromatic nitrogens is 3. The quantitative estimate of drug-likeness (QED) is 0.827. The predicted molar refractivity (Wildman–Crippen MR) is 62.1 cm³/mol. The molecule has 2 heterocycles. The highest BCUT2D eigenvalue weighted by Crippen LogP contribution is 1.99. The molecule has 2 aromatic rings. The summed E-state index contributed by atoms with van der Waals surface area (Å²) in [4.78, 5) is 23.2. The van der Waals surface area contributed by atoms with E-state index in [0.717, 1.165) is 0 Å². The highest BCUT2D eigenvalue weighted by Gasteiger charge is 2.07. The molecule has 0 saturated heterocycles. The summed E-state index contributed by atoms with van der Waals surface area (Å²) in [6, 6.07) is 5.77. The topological polar surface area (TPSA) is 67.8 Å². The largest absolute Gasteiger partial charge is 0.345 e. The number of carbonyl (C=O) groups excluding carboxylic acids is 1. The van der Waals surface area contributed by atoms with Crippen molar-refractivity contribution in [1.82, 2.24) is 20.3 Å². The van der Waals surface area contributed by atoms with Gasteiger partial charge in [0.2, 0.25) is 5.95 Å². The molecular weight excluding hydrogens is 235 g/mol. The van der Waals surface area contributed by atoms with E-state index in [1.807, 2.05) is 0 Å². The number of hydrogen-bond acceptors (Lipinski definition) is 4. The monoisotopic (exact) mass is 246 g/mol. The number of nitrogens with zero attached hydrogens (tertiary/aromatic N) is 3. The summed E-state index contributed by atoms with van der Waals surface area (Å²) in [5.74, 6) is -0.489. The van der Waals surface area contributed by atoms with Gasteiger partial charge >= 0.3 is 0 Å². The molecule has 0 spiro atoms. The van der Waals surface area contributed by atoms with Gasteiger partial charge in [0.15, 0.2) is 0 Å². The first-order chi connectivity index (χ1) is 8.65. The Hall–Kier alpha value is -2.37. The Bertz CT molecular complexity index is 574. The van der Waals surface area contributed by atoms with Crippen LogP contribution in [0.2, 0.25) is 0 Å². The number of pyridine rings is 1. The second kappa shape index (κ2) is 5.31. The number of amides is 1. The molecular formula is C12H11FN4O. The summed E-state index contributed by atoms with van der Waals surface area (Å²) in [7, 11) is 0. The summed E-state index contributed by atoms with van der Waals surface area (Å²) >= 11 is 0. The van der Waals surface area contributed by atoms with Crippen LogP contribution in [0.1, 0.15) is 22.0 Å². The van der Waals surface area contributed by atoms with Crippen LogP contribution < -0.4 is 5.32 Å². The van der Waals surface area contributed by atoms with Gasteiger partial charge in [-0.1, -0.05) is 6.07 Å². The SMILES string of the molecule is Cc1nccc(CNC(=O)c2cccc(F)n2)n1. The summed E-state index contributed by atoms with van der Waals surface area (Å²) in [5.41, 5.74) is 0.730. The van der Waals surface area contributed by atoms with Crippen molar-refractivity contribution in [2.75, 3.05) is 0 Å². The van der Waals surface area contributed by atoms with Crippen LogP contribution in [0, 0.1) is 12.9 Å². The molecule has 5 nitrogen and oxygen atoms in total. The molecule has 1 amide bonds. The maximum absolute atomic E-state index is 12.8. The maximum Gasteiger partial charge on any atom is 0.270 e. The Labute approximate surface area is 103 Å². The Balaban J connectivity index is 2.00. The summed E-state index contributed by atoms with van der Waals surface area (Å²) < 4.78 is 12.8. The van der Waals surface area contributed by atoms with Crippen molar-refractivity contribution in [1.29, 1.82) is 0 Å². The van der Waals surface area contributed by atoms with Crippen LogP contribution in [0.4, 0.5) is 4.39 Å². The zero-order valence-corrected chi connectivity index (χ0v) is 9.72. The third-order valence-electron chi connectivity index (χ3n) is 2.21. The Kier molecular flexibility index (Phi) is 3.57. The molecule has 0 aliphatic rings. The zero-order valence-electron chi connectivity index (χ0n) is 9.72. The molecule has 2 aromatic heterocycles. The van der Waals surface area contributed by atoms with Crippen molar-refractivity contribution in [3.8, 4) is 0 Å². The number of nitrogens with one attached hydrogen (secondary N) is 1. The van der Waals surface area contributed by atoms with E-state index < -0.39 is 11.9 Å². The molecule has 0 aliphatic heterocycles. The Morgan fingerprint density at radius 2 is 2.17 bits per heavy atom. The summed E-state index contributed by atoms with van der Waals surface area (Å²) in [5, 5.41) is 2.61. The van der Waals surface area contributed by atoms with Gasteiger partial charge in [-0.15, -0.1) is 0 Å². The lowest BCUT2D eigenvalue weighted by molar-refractivity contribution is 0.0944. The van der Waals surface area contributed by atoms with Gasteiger partial charge in [-0.2, -0.15) is 4.39 Å². The highest BCUT2D eigenvalue weighted by molar-refractivity contribution is 5.92. The number of hydrogen-bond donors (Lipinski definition) is 1. The number of aryl methyl sites for hydroxylation is 1. The Morgan fingerprint density at radius 3 is 2.89 bits per heavy atom. The highest BCUT2D eigenvalue weighted by atomic mass is 19.1. The number of halogens is 1. The maximum atomic E-state index is 12.8. The van der Waals surface area contributed by atoms with Crippen molar-refractivity contribution in [2.24, 2.45) is 0 Å². The second-order valence-corrected chi connectivity index (χ2v) is 3.62. The molecule has 0 aliphatic carbocycles. The molecule has 0 fully saturated rings. The lowest BCUT2D eigenvalue weighted by Gasteiger charge is -2.04. The average molecular weight is 246 g/mol. The van der Waals surface area contributed by atoms with E-state index in [-0.39, 0.29) is 12.2 Å². The van der Waals surface area contributed by atoms with E-state index in [9.17, 15) is 9.18 Å². The molecule has 18 heavy (non-hydrogen) atoms. The zero-order chi connectivity index (χ0) is 13.0. The molecule has 0 atom stereocenters. The van der Waals surface area contributed by atoms with Crippen molar-refractivity contribution in [2.45, 2.75) is 13.5 Å². The predicted octanol–water partition coefficient (Wildman–Crippen LogP) is 1.25. The van der Waals surface area contributed by atoms with Gasteiger partial charge in [0.05, 0.1) is 12.2 Å². The first-order valence-electron chi connectivity index (χ1n) is 5.34. The molecule has 92 valence electrons. The van der Waals surface area contributed by atoms with Crippen LogP contribution >= 0.6 is 0 Å². The normalized spacial score (nSPS) is 10.1. The number of rotatable bonds is 3. The molecule has 0 saturated carbocycles. The lowest BCUT2D eigenvalue weighted by atomic mass is 10.3. The molecule has 0 unspecified atom stereocenters. The summed E-state index contributed by atoms with van der Waals surface area (Å²) in [6.45, 7) is 2.01. The van der Waals surface area contributed by atoms with Gasteiger partial charge in [-0.25, -0.2) is 15.0 Å². The Morgan fingerprint density at radius 1 is 1.33 bits per heavy atom. The van der Waals surface area contributed by atoms with E-state index >= 15 is 0 Å².